The molecule has 41 heavy (non-hydrogen) atoms. The molecular formula is C29H32Cl3N3O5S. The van der Waals surface area contributed by atoms with Gasteiger partial charge in [-0.2, -0.15) is 0 Å². The molecule has 1 N–H and O–H groups in total. The maximum Gasteiger partial charge on any atom is 0.264 e. The molecule has 1 unspecified atom stereocenters. The molecule has 0 aliphatic heterocycles. The number of halogens is 3. The van der Waals surface area contributed by atoms with E-state index in [9.17, 15) is 18.0 Å². The van der Waals surface area contributed by atoms with E-state index >= 15 is 0 Å². The summed E-state index contributed by atoms with van der Waals surface area (Å²) in [7, 11) is -2.90. The highest BCUT2D eigenvalue weighted by molar-refractivity contribution is 7.92. The number of sulfonamides is 1. The minimum atomic E-state index is -4.28. The van der Waals surface area contributed by atoms with E-state index in [1.54, 1.807) is 49.4 Å². The smallest absolute Gasteiger partial charge is 0.264 e. The lowest BCUT2D eigenvalue weighted by atomic mass is 10.1. The Hall–Kier alpha value is -2.98. The Balaban J connectivity index is 2.11. The first-order valence-electron chi connectivity index (χ1n) is 12.6. The predicted molar refractivity (Wildman–Crippen MR) is 163 cm³/mol. The normalized spacial score (nSPS) is 12.4. The summed E-state index contributed by atoms with van der Waals surface area (Å²) in [6, 6.07) is 16.1. The number of hydrogen-bond acceptors (Lipinski definition) is 5. The average molecular weight is 641 g/mol. The van der Waals surface area contributed by atoms with E-state index in [0.29, 0.717) is 10.6 Å². The SMILES string of the molecule is COc1ccc(Cl)cc1N(CC(=O)N(Cc1ccc(Cl)c(Cl)c1)C(C)C(=O)NC(C)(C)C)S(=O)(=O)c1ccccc1. The molecule has 0 aromatic heterocycles. The van der Waals surface area contributed by atoms with Crippen LogP contribution in [0.5, 0.6) is 5.75 Å². The minimum absolute atomic E-state index is 0.0376. The van der Waals surface area contributed by atoms with E-state index < -0.39 is 40.0 Å². The Morgan fingerprint density at radius 3 is 2.20 bits per heavy atom. The van der Waals surface area contributed by atoms with Gasteiger partial charge < -0.3 is 15.0 Å². The van der Waals surface area contributed by atoms with Gasteiger partial charge in [0.15, 0.2) is 0 Å². The topological polar surface area (TPSA) is 96.0 Å². The van der Waals surface area contributed by atoms with Crippen molar-refractivity contribution in [3.63, 3.8) is 0 Å². The highest BCUT2D eigenvalue weighted by atomic mass is 35.5. The van der Waals surface area contributed by atoms with Crippen LogP contribution >= 0.6 is 34.8 Å². The summed E-state index contributed by atoms with van der Waals surface area (Å²) in [5, 5.41) is 3.73. The standard InChI is InChI=1S/C29H32Cl3N3O5S/c1-19(28(37)33-29(2,3)4)34(17-20-11-13-23(31)24(32)15-20)27(36)18-35(25-16-21(30)12-14-26(25)40-5)41(38,39)22-9-7-6-8-10-22/h6-16,19H,17-18H2,1-5H3,(H,33,37). The van der Waals surface area contributed by atoms with Crippen LogP contribution in [-0.4, -0.2) is 50.4 Å². The number of anilines is 1. The summed E-state index contributed by atoms with van der Waals surface area (Å²) >= 11 is 18.5. The Morgan fingerprint density at radius 2 is 1.61 bits per heavy atom. The van der Waals surface area contributed by atoms with E-state index in [-0.39, 0.29) is 32.9 Å². The van der Waals surface area contributed by atoms with Crippen molar-refractivity contribution in [3.8, 4) is 5.75 Å². The van der Waals surface area contributed by atoms with Crippen LogP contribution in [0, 0.1) is 0 Å². The fourth-order valence-electron chi connectivity index (χ4n) is 3.98. The van der Waals surface area contributed by atoms with Crippen molar-refractivity contribution in [2.75, 3.05) is 18.0 Å². The molecule has 1 atom stereocenters. The van der Waals surface area contributed by atoms with Crippen LogP contribution in [-0.2, 0) is 26.2 Å². The lowest BCUT2D eigenvalue weighted by molar-refractivity contribution is -0.140. The number of nitrogens with zero attached hydrogens (tertiary/aromatic N) is 2. The average Bonchev–Trinajstić information content (AvgIpc) is 2.91. The highest BCUT2D eigenvalue weighted by Gasteiger charge is 2.34. The van der Waals surface area contributed by atoms with Gasteiger partial charge in [0.05, 0.1) is 27.7 Å². The first-order valence-corrected chi connectivity index (χ1v) is 15.2. The number of nitrogens with one attached hydrogen (secondary N) is 1. The van der Waals surface area contributed by atoms with Gasteiger partial charge in [-0.1, -0.05) is 59.1 Å². The van der Waals surface area contributed by atoms with Gasteiger partial charge in [-0.15, -0.1) is 0 Å². The van der Waals surface area contributed by atoms with Gasteiger partial charge in [0.2, 0.25) is 11.8 Å². The molecule has 0 bridgehead atoms. The maximum atomic E-state index is 14.1. The van der Waals surface area contributed by atoms with E-state index in [1.165, 1.54) is 36.3 Å². The molecule has 0 fully saturated rings. The first kappa shape index (κ1) is 32.5. The highest BCUT2D eigenvalue weighted by Crippen LogP contribution is 2.35. The number of methoxy groups -OCH3 is 1. The van der Waals surface area contributed by atoms with Crippen LogP contribution in [0.3, 0.4) is 0 Å². The van der Waals surface area contributed by atoms with Crippen LogP contribution in [0.25, 0.3) is 0 Å². The largest absolute Gasteiger partial charge is 0.495 e. The van der Waals surface area contributed by atoms with Crippen molar-refractivity contribution in [1.82, 2.24) is 10.2 Å². The molecule has 3 aromatic rings. The summed E-state index contributed by atoms with van der Waals surface area (Å²) in [4.78, 5) is 28.5. The number of amides is 2. The zero-order valence-electron chi connectivity index (χ0n) is 23.3. The fourth-order valence-corrected chi connectivity index (χ4v) is 5.91. The molecule has 0 aliphatic carbocycles. The van der Waals surface area contributed by atoms with Crippen LogP contribution in [0.15, 0.2) is 71.6 Å². The second-order valence-corrected chi connectivity index (χ2v) is 13.4. The van der Waals surface area contributed by atoms with E-state index in [1.807, 2.05) is 20.8 Å². The number of benzene rings is 3. The van der Waals surface area contributed by atoms with Crippen LogP contribution in [0.4, 0.5) is 5.69 Å². The monoisotopic (exact) mass is 639 g/mol. The van der Waals surface area contributed by atoms with E-state index in [0.717, 1.165) is 4.31 Å². The molecule has 0 heterocycles. The van der Waals surface area contributed by atoms with Crippen LogP contribution in [0.1, 0.15) is 33.3 Å². The Bertz CT molecular complexity index is 1510. The molecule has 0 aliphatic rings. The zero-order valence-corrected chi connectivity index (χ0v) is 26.4. The number of ether oxygens (including phenoxy) is 1. The van der Waals surface area contributed by atoms with Gasteiger partial charge >= 0.3 is 0 Å². The summed E-state index contributed by atoms with van der Waals surface area (Å²) in [5.41, 5.74) is 0.0972. The van der Waals surface area contributed by atoms with Gasteiger partial charge in [0.1, 0.15) is 18.3 Å². The number of carbonyl (C=O) groups excluding carboxylic acids is 2. The summed E-state index contributed by atoms with van der Waals surface area (Å²) in [6.07, 6.45) is 0. The zero-order chi connectivity index (χ0) is 30.5. The Morgan fingerprint density at radius 1 is 0.951 bits per heavy atom. The van der Waals surface area contributed by atoms with Crippen molar-refractivity contribution < 1.29 is 22.7 Å². The third kappa shape index (κ3) is 8.29. The second-order valence-electron chi connectivity index (χ2n) is 10.3. The van der Waals surface area contributed by atoms with Gasteiger partial charge in [-0.25, -0.2) is 8.42 Å². The Labute approximate surface area is 256 Å². The second kappa shape index (κ2) is 13.3. The van der Waals surface area contributed by atoms with Crippen molar-refractivity contribution in [3.05, 3.63) is 87.4 Å². The molecule has 3 rings (SSSR count). The molecule has 2 amide bonds. The summed E-state index contributed by atoms with van der Waals surface area (Å²) in [5.74, 6) is -0.867. The third-order valence-electron chi connectivity index (χ3n) is 6.02. The third-order valence-corrected chi connectivity index (χ3v) is 8.77. The molecule has 0 saturated heterocycles. The van der Waals surface area contributed by atoms with Gasteiger partial charge in [0.25, 0.3) is 10.0 Å². The summed E-state index contributed by atoms with van der Waals surface area (Å²) in [6.45, 7) is 6.35. The van der Waals surface area contributed by atoms with Crippen molar-refractivity contribution >= 4 is 62.3 Å². The van der Waals surface area contributed by atoms with Crippen LogP contribution in [0.2, 0.25) is 15.1 Å². The Kier molecular flexibility index (Phi) is 10.6. The van der Waals surface area contributed by atoms with Gasteiger partial charge in [-0.05, 0) is 75.7 Å². The molecule has 0 radical (unpaired) electrons. The predicted octanol–water partition coefficient (Wildman–Crippen LogP) is 6.18. The van der Waals surface area contributed by atoms with Gasteiger partial charge in [-0.3, -0.25) is 13.9 Å². The molecule has 220 valence electrons. The number of carbonyl (C=O) groups is 2. The number of rotatable bonds is 10. The molecule has 3 aromatic carbocycles. The van der Waals surface area contributed by atoms with Crippen molar-refractivity contribution in [2.24, 2.45) is 0 Å². The molecule has 8 nitrogen and oxygen atoms in total. The summed E-state index contributed by atoms with van der Waals surface area (Å²) < 4.78 is 34.3. The van der Waals surface area contributed by atoms with E-state index in [2.05, 4.69) is 5.32 Å². The number of hydrogen-bond donors (Lipinski definition) is 1. The molecular weight excluding hydrogens is 609 g/mol. The lowest BCUT2D eigenvalue weighted by Gasteiger charge is -2.33. The first-order chi connectivity index (χ1) is 19.1. The minimum Gasteiger partial charge on any atom is -0.495 e. The molecule has 0 saturated carbocycles. The van der Waals surface area contributed by atoms with Crippen molar-refractivity contribution in [2.45, 2.75) is 50.7 Å². The molecule has 12 heteroatoms. The quantitative estimate of drug-likeness (QED) is 0.286. The fraction of sp³-hybridized carbons (Fsp3) is 0.310. The maximum absolute atomic E-state index is 14.1. The van der Waals surface area contributed by atoms with E-state index in [4.69, 9.17) is 39.5 Å². The van der Waals surface area contributed by atoms with Crippen LogP contribution < -0.4 is 14.4 Å². The van der Waals surface area contributed by atoms with Crippen molar-refractivity contribution in [1.29, 1.82) is 0 Å². The molecule has 0 spiro atoms. The lowest BCUT2D eigenvalue weighted by Crippen LogP contribution is -2.54. The van der Waals surface area contributed by atoms with Gasteiger partial charge in [0, 0.05) is 17.1 Å².